The van der Waals surface area contributed by atoms with E-state index < -0.39 is 30.2 Å². The maximum atomic E-state index is 13.8. The second-order valence-electron chi connectivity index (χ2n) is 10.4. The molecule has 4 rings (SSSR count). The Balaban J connectivity index is 1.45. The summed E-state index contributed by atoms with van der Waals surface area (Å²) in [4.78, 5) is 48.2. The Hall–Kier alpha value is -2.61. The molecule has 0 spiro atoms. The molecule has 1 aromatic rings. The summed E-state index contributed by atoms with van der Waals surface area (Å²) in [5.74, 6) is -1.21. The summed E-state index contributed by atoms with van der Waals surface area (Å²) in [6.07, 6.45) is 2.24. The van der Waals surface area contributed by atoms with Gasteiger partial charge >= 0.3 is 0 Å². The number of hydrogen-bond acceptors (Lipinski definition) is 9. The van der Waals surface area contributed by atoms with Crippen LogP contribution in [-0.4, -0.2) is 109 Å². The predicted molar refractivity (Wildman–Crippen MR) is 143 cm³/mol. The highest BCUT2D eigenvalue weighted by atomic mass is 35.5. The van der Waals surface area contributed by atoms with Crippen LogP contribution < -0.4 is 21.3 Å². The van der Waals surface area contributed by atoms with Crippen molar-refractivity contribution >= 4 is 34.8 Å². The number of rotatable bonds is 7. The molecule has 3 saturated heterocycles. The van der Waals surface area contributed by atoms with Crippen molar-refractivity contribution in [1.82, 2.24) is 25.1 Å². The van der Waals surface area contributed by atoms with Gasteiger partial charge < -0.3 is 25.8 Å². The minimum atomic E-state index is -1.28. The second kappa shape index (κ2) is 12.5. The lowest BCUT2D eigenvalue weighted by atomic mass is 9.94. The zero-order valence-electron chi connectivity index (χ0n) is 21.9. The first-order chi connectivity index (χ1) is 18.2. The van der Waals surface area contributed by atoms with Gasteiger partial charge in [-0.05, 0) is 26.8 Å². The van der Waals surface area contributed by atoms with E-state index >= 15 is 0 Å². The van der Waals surface area contributed by atoms with Crippen molar-refractivity contribution in [2.45, 2.75) is 38.1 Å². The van der Waals surface area contributed by atoms with Crippen LogP contribution in [0.4, 0.5) is 15.8 Å². The lowest BCUT2D eigenvalue weighted by molar-refractivity contribution is -0.137. The second-order valence-corrected chi connectivity index (χ2v) is 10.8. The van der Waals surface area contributed by atoms with Gasteiger partial charge in [-0.1, -0.05) is 11.6 Å². The maximum Gasteiger partial charge on any atom is 0.232 e. The van der Waals surface area contributed by atoms with Crippen molar-refractivity contribution < 1.29 is 14.0 Å². The average molecular weight is 554 g/mol. The van der Waals surface area contributed by atoms with Crippen LogP contribution in [0.5, 0.6) is 0 Å². The number of nitrogens with one attached hydrogen (secondary N) is 2. The minimum absolute atomic E-state index is 0.0149. The molecule has 3 aliphatic rings. The molecule has 4 unspecified atom stereocenters. The number of halogens is 2. The van der Waals surface area contributed by atoms with Crippen LogP contribution in [0.15, 0.2) is 17.7 Å². The molecular formula is C24H37ClFN9O3. The summed E-state index contributed by atoms with van der Waals surface area (Å²) in [6.45, 7) is 5.88. The van der Waals surface area contributed by atoms with Crippen LogP contribution in [0, 0.1) is 16.7 Å². The molecule has 0 saturated carbocycles. The number of aromatic nitrogens is 1. The Morgan fingerprint density at radius 2 is 1.89 bits per heavy atom. The third kappa shape index (κ3) is 6.33. The summed E-state index contributed by atoms with van der Waals surface area (Å²) in [5, 5.41) is 10.0. The number of hydrogen-bond donors (Lipinski definition) is 3. The number of piperazine rings is 1. The van der Waals surface area contributed by atoms with E-state index in [2.05, 4.69) is 37.8 Å². The topological polar surface area (TPSA) is 139 Å². The summed E-state index contributed by atoms with van der Waals surface area (Å²) < 4.78 is 13.8. The molecule has 38 heavy (non-hydrogen) atoms. The number of nitroso groups, excluding NO2 is 1. The number of nitrogens with zero attached hydrogens (tertiary/aromatic N) is 6. The molecule has 12 nitrogen and oxygen atoms in total. The molecule has 3 aliphatic heterocycles. The molecule has 4 atom stereocenters. The molecule has 210 valence electrons. The van der Waals surface area contributed by atoms with E-state index in [0.717, 1.165) is 31.2 Å². The SMILES string of the molecule is CC(N)C(C(=O)Nc1cncc(Cl)c1N1CCC(C(=O)N2CCN(C)CC2)CC1)C1NCC(F)CN1N=O. The molecule has 0 radical (unpaired) electrons. The van der Waals surface area contributed by atoms with Crippen LogP contribution in [-0.2, 0) is 9.59 Å². The van der Waals surface area contributed by atoms with Crippen molar-refractivity contribution in [1.29, 1.82) is 0 Å². The molecule has 0 aromatic carbocycles. The van der Waals surface area contributed by atoms with Crippen molar-refractivity contribution in [2.75, 3.05) is 69.6 Å². The highest BCUT2D eigenvalue weighted by molar-refractivity contribution is 6.34. The van der Waals surface area contributed by atoms with Gasteiger partial charge in [0.15, 0.2) is 0 Å². The van der Waals surface area contributed by atoms with E-state index in [-0.39, 0.29) is 24.9 Å². The van der Waals surface area contributed by atoms with E-state index in [1.165, 1.54) is 12.4 Å². The van der Waals surface area contributed by atoms with Crippen LogP contribution in [0.2, 0.25) is 5.02 Å². The number of carbonyl (C=O) groups excluding carboxylic acids is 2. The Bertz CT molecular complexity index is 1000. The third-order valence-corrected chi connectivity index (χ3v) is 7.95. The van der Waals surface area contributed by atoms with Gasteiger partial charge in [0.25, 0.3) is 0 Å². The average Bonchev–Trinajstić information content (AvgIpc) is 2.90. The van der Waals surface area contributed by atoms with Crippen molar-refractivity contribution in [3.05, 3.63) is 22.3 Å². The van der Waals surface area contributed by atoms with E-state index in [1.54, 1.807) is 6.92 Å². The Morgan fingerprint density at radius 1 is 1.21 bits per heavy atom. The van der Waals surface area contributed by atoms with Gasteiger partial charge in [-0.2, -0.15) is 0 Å². The number of amides is 2. The monoisotopic (exact) mass is 553 g/mol. The summed E-state index contributed by atoms with van der Waals surface area (Å²) in [5.41, 5.74) is 7.17. The Morgan fingerprint density at radius 3 is 2.53 bits per heavy atom. The zero-order chi connectivity index (χ0) is 27.4. The maximum absolute atomic E-state index is 13.8. The Kier molecular flexibility index (Phi) is 9.34. The normalized spacial score (nSPS) is 25.1. The predicted octanol–water partition coefficient (Wildman–Crippen LogP) is 0.878. The van der Waals surface area contributed by atoms with Crippen LogP contribution in [0.1, 0.15) is 19.8 Å². The molecule has 1 aromatic heterocycles. The summed E-state index contributed by atoms with van der Waals surface area (Å²) in [6, 6.07) is -0.667. The van der Waals surface area contributed by atoms with Gasteiger partial charge in [-0.15, -0.1) is 4.91 Å². The largest absolute Gasteiger partial charge is 0.369 e. The zero-order valence-corrected chi connectivity index (χ0v) is 22.6. The van der Waals surface area contributed by atoms with Crippen LogP contribution in [0.3, 0.4) is 0 Å². The number of alkyl halides is 1. The van der Waals surface area contributed by atoms with Gasteiger partial charge in [0.2, 0.25) is 11.8 Å². The van der Waals surface area contributed by atoms with Crippen LogP contribution in [0.25, 0.3) is 0 Å². The molecule has 4 N–H and O–H groups in total. The lowest BCUT2D eigenvalue weighted by Crippen LogP contribution is -2.62. The third-order valence-electron chi connectivity index (χ3n) is 7.68. The van der Waals surface area contributed by atoms with E-state index in [0.29, 0.717) is 42.3 Å². The van der Waals surface area contributed by atoms with Crippen molar-refractivity contribution in [3.63, 3.8) is 0 Å². The van der Waals surface area contributed by atoms with Gasteiger partial charge in [-0.3, -0.25) is 19.9 Å². The first kappa shape index (κ1) is 28.4. The number of carbonyl (C=O) groups is 2. The molecule has 2 amide bonds. The van der Waals surface area contributed by atoms with Gasteiger partial charge in [0.1, 0.15) is 12.3 Å². The fraction of sp³-hybridized carbons (Fsp3) is 0.708. The molecule has 3 fully saturated rings. The number of nitrogens with two attached hydrogens (primary N) is 1. The standard InChI is InChI=1S/C24H37ClFN9O3/c1-15(27)20(22-29-11-17(26)14-35(22)31-38)23(36)30-19-13-28-12-18(25)21(19)33-5-3-16(4-6-33)24(37)34-9-7-32(2)8-10-34/h12-13,15-17,20,22,29H,3-11,14,27H2,1-2H3,(H,30,36). The number of pyridine rings is 1. The Labute approximate surface area is 227 Å². The highest BCUT2D eigenvalue weighted by Crippen LogP contribution is 2.36. The quantitative estimate of drug-likeness (QED) is 0.420. The highest BCUT2D eigenvalue weighted by Gasteiger charge is 2.40. The number of likely N-dealkylation sites (N-methyl/N-ethyl adjacent to an activating group) is 1. The van der Waals surface area contributed by atoms with E-state index in [4.69, 9.17) is 17.3 Å². The first-order valence-corrected chi connectivity index (χ1v) is 13.5. The molecule has 4 heterocycles. The van der Waals surface area contributed by atoms with Gasteiger partial charge in [0.05, 0.1) is 40.3 Å². The summed E-state index contributed by atoms with van der Waals surface area (Å²) in [7, 11) is 2.06. The molecule has 14 heteroatoms. The van der Waals surface area contributed by atoms with E-state index in [9.17, 15) is 18.9 Å². The minimum Gasteiger partial charge on any atom is -0.369 e. The molecule has 0 bridgehead atoms. The lowest BCUT2D eigenvalue weighted by Gasteiger charge is -2.40. The fourth-order valence-electron chi connectivity index (χ4n) is 5.49. The molecule has 0 aliphatic carbocycles. The number of anilines is 2. The van der Waals surface area contributed by atoms with Crippen molar-refractivity contribution in [2.24, 2.45) is 22.9 Å². The van der Waals surface area contributed by atoms with Crippen molar-refractivity contribution in [3.8, 4) is 0 Å². The molecular weight excluding hydrogens is 517 g/mol. The van der Waals surface area contributed by atoms with Gasteiger partial charge in [-0.25, -0.2) is 9.40 Å². The first-order valence-electron chi connectivity index (χ1n) is 13.1. The summed E-state index contributed by atoms with van der Waals surface area (Å²) >= 11 is 6.55. The smallest absolute Gasteiger partial charge is 0.232 e. The van der Waals surface area contributed by atoms with E-state index in [1.807, 2.05) is 4.90 Å². The number of piperidine rings is 1. The van der Waals surface area contributed by atoms with Crippen LogP contribution >= 0.6 is 11.6 Å². The van der Waals surface area contributed by atoms with Gasteiger partial charge in [0, 0.05) is 64.0 Å². The fourth-order valence-corrected chi connectivity index (χ4v) is 5.77.